The molecule has 0 bridgehead atoms. The summed E-state index contributed by atoms with van der Waals surface area (Å²) in [5.41, 5.74) is 8.94. The molecule has 1 heterocycles. The lowest BCUT2D eigenvalue weighted by Crippen LogP contribution is -2.48. The van der Waals surface area contributed by atoms with Gasteiger partial charge in [0.05, 0.1) is 43.5 Å². The third-order valence-electron chi connectivity index (χ3n) is 9.24. The molecule has 1 saturated heterocycles. The lowest BCUT2D eigenvalue weighted by Gasteiger charge is -2.30. The number of nitrogens with one attached hydrogen (secondary N) is 2. The van der Waals surface area contributed by atoms with E-state index in [-0.39, 0.29) is 12.3 Å². The quantitative estimate of drug-likeness (QED) is 0.171. The number of hydrogen-bond acceptors (Lipinski definition) is 9. The van der Waals surface area contributed by atoms with Crippen LogP contribution < -0.4 is 21.1 Å². The van der Waals surface area contributed by atoms with E-state index in [1.165, 1.54) is 0 Å². The van der Waals surface area contributed by atoms with Crippen LogP contribution in [0.25, 0.3) is 0 Å². The third-order valence-corrected chi connectivity index (χ3v) is 9.24. The van der Waals surface area contributed by atoms with Crippen LogP contribution in [0.15, 0.2) is 78.9 Å². The molecule has 1 aliphatic heterocycles. The van der Waals surface area contributed by atoms with Crippen molar-refractivity contribution in [3.63, 3.8) is 0 Å². The number of alkyl carbamates (subject to hydrolysis) is 1. The Balaban J connectivity index is 1.32. The zero-order chi connectivity index (χ0) is 35.7. The summed E-state index contributed by atoms with van der Waals surface area (Å²) in [6.45, 7) is 9.96. The molecule has 5 rings (SSSR count). The number of nitrogens with zero attached hydrogens (tertiary/aromatic N) is 1. The Hall–Kier alpha value is -4.00. The van der Waals surface area contributed by atoms with Crippen molar-refractivity contribution in [2.24, 2.45) is 11.7 Å². The number of aliphatic hydroxyl groups excluding tert-OH is 2. The van der Waals surface area contributed by atoms with E-state index in [9.17, 15) is 19.8 Å². The fourth-order valence-corrected chi connectivity index (χ4v) is 6.58. The summed E-state index contributed by atoms with van der Waals surface area (Å²) in [4.78, 5) is 29.3. The second-order valence-electron chi connectivity index (χ2n) is 14.2. The average molecular weight is 689 g/mol. The van der Waals surface area contributed by atoms with Gasteiger partial charge in [0.1, 0.15) is 18.0 Å². The van der Waals surface area contributed by atoms with E-state index < -0.39 is 47.9 Å². The summed E-state index contributed by atoms with van der Waals surface area (Å²) in [7, 11) is 0. The number of nitrogens with two attached hydrogens (primary N) is 1. The maximum absolute atomic E-state index is 14.1. The van der Waals surface area contributed by atoms with Crippen molar-refractivity contribution in [1.29, 1.82) is 0 Å². The van der Waals surface area contributed by atoms with Crippen LogP contribution in [0, 0.1) is 5.92 Å². The molecule has 0 radical (unpaired) electrons. The van der Waals surface area contributed by atoms with Gasteiger partial charge in [-0.3, -0.25) is 9.69 Å². The van der Waals surface area contributed by atoms with E-state index in [2.05, 4.69) is 15.5 Å². The highest BCUT2D eigenvalue weighted by Gasteiger charge is 2.40. The molecule has 1 aliphatic carbocycles. The van der Waals surface area contributed by atoms with Crippen LogP contribution >= 0.6 is 0 Å². The Labute approximate surface area is 295 Å². The van der Waals surface area contributed by atoms with Gasteiger partial charge in [0.15, 0.2) is 0 Å². The van der Waals surface area contributed by atoms with E-state index in [0.717, 1.165) is 60.9 Å². The van der Waals surface area contributed by atoms with Gasteiger partial charge >= 0.3 is 6.09 Å². The number of aliphatic hydroxyl groups is 2. The first-order valence-electron chi connectivity index (χ1n) is 17.5. The number of ether oxygens (including phenoxy) is 3. The molecule has 3 aromatic rings. The first kappa shape index (κ1) is 37.3. The van der Waals surface area contributed by atoms with Crippen molar-refractivity contribution in [1.82, 2.24) is 15.5 Å². The van der Waals surface area contributed by atoms with Gasteiger partial charge in [-0.05, 0) is 74.4 Å². The van der Waals surface area contributed by atoms with E-state index in [1.54, 1.807) is 20.8 Å². The fourth-order valence-electron chi connectivity index (χ4n) is 6.58. The molecule has 0 aromatic heterocycles. The Morgan fingerprint density at radius 1 is 0.940 bits per heavy atom. The molecule has 270 valence electrons. The standard InChI is InChI=1S/C39H52N4O7/c1-39(2,3)50-38(47)41-32(24-26-9-5-4-6-10-26)33(44)25-28(37(46)42-35-31-12-8-7-11-30(31)34(40)36(35)45)23-27-13-15-29(16-14-27)49-22-19-43-17-20-48-21-18-43/h4-16,28,32-36,44-45H,17-25,40H2,1-3H3,(H,41,47)(H,42,46). The van der Waals surface area contributed by atoms with Crippen LogP contribution in [-0.2, 0) is 27.1 Å². The van der Waals surface area contributed by atoms with Gasteiger partial charge in [-0.2, -0.15) is 0 Å². The first-order valence-corrected chi connectivity index (χ1v) is 17.5. The minimum absolute atomic E-state index is 0.0352. The summed E-state index contributed by atoms with van der Waals surface area (Å²) in [6, 6.07) is 22.5. The van der Waals surface area contributed by atoms with Crippen LogP contribution in [0.4, 0.5) is 4.79 Å². The van der Waals surface area contributed by atoms with E-state index in [1.807, 2.05) is 78.9 Å². The highest BCUT2D eigenvalue weighted by molar-refractivity contribution is 5.80. The van der Waals surface area contributed by atoms with E-state index in [4.69, 9.17) is 19.9 Å². The molecule has 6 atom stereocenters. The number of carbonyl (C=O) groups is 2. The van der Waals surface area contributed by atoms with Crippen molar-refractivity contribution in [2.75, 3.05) is 39.5 Å². The first-order chi connectivity index (χ1) is 24.0. The normalized spacial score (nSPS) is 21.0. The Kier molecular flexibility index (Phi) is 12.9. The molecule has 0 spiro atoms. The number of fused-ring (bicyclic) bond motifs is 1. The van der Waals surface area contributed by atoms with Crippen molar-refractivity contribution < 1.29 is 34.0 Å². The summed E-state index contributed by atoms with van der Waals surface area (Å²) >= 11 is 0. The highest BCUT2D eigenvalue weighted by atomic mass is 16.6. The number of hydrogen-bond donors (Lipinski definition) is 5. The van der Waals surface area contributed by atoms with Crippen LogP contribution in [-0.4, -0.2) is 90.4 Å². The molecular weight excluding hydrogens is 636 g/mol. The number of rotatable bonds is 14. The van der Waals surface area contributed by atoms with Gasteiger partial charge in [0.2, 0.25) is 5.91 Å². The molecule has 6 N–H and O–H groups in total. The van der Waals surface area contributed by atoms with Crippen LogP contribution in [0.3, 0.4) is 0 Å². The van der Waals surface area contributed by atoms with E-state index >= 15 is 0 Å². The van der Waals surface area contributed by atoms with Crippen LogP contribution in [0.2, 0.25) is 0 Å². The molecule has 1 fully saturated rings. The van der Waals surface area contributed by atoms with Gasteiger partial charge in [-0.1, -0.05) is 66.7 Å². The van der Waals surface area contributed by atoms with Crippen molar-refractivity contribution in [2.45, 2.75) is 76.0 Å². The summed E-state index contributed by atoms with van der Waals surface area (Å²) in [5.74, 6) is -0.321. The molecule has 6 unspecified atom stereocenters. The van der Waals surface area contributed by atoms with Gasteiger partial charge in [0.25, 0.3) is 0 Å². The van der Waals surface area contributed by atoms with Gasteiger partial charge in [-0.25, -0.2) is 4.79 Å². The third kappa shape index (κ3) is 10.5. The average Bonchev–Trinajstić information content (AvgIpc) is 3.33. The molecule has 2 amide bonds. The smallest absolute Gasteiger partial charge is 0.407 e. The zero-order valence-corrected chi connectivity index (χ0v) is 29.3. The molecule has 0 saturated carbocycles. The Bertz CT molecular complexity index is 1530. The van der Waals surface area contributed by atoms with E-state index in [0.29, 0.717) is 19.4 Å². The Morgan fingerprint density at radius 3 is 2.26 bits per heavy atom. The maximum Gasteiger partial charge on any atom is 0.407 e. The summed E-state index contributed by atoms with van der Waals surface area (Å²) in [5, 5.41) is 28.7. The van der Waals surface area contributed by atoms with Crippen LogP contribution in [0.1, 0.15) is 61.5 Å². The van der Waals surface area contributed by atoms with Crippen molar-refractivity contribution in [3.8, 4) is 5.75 Å². The predicted molar refractivity (Wildman–Crippen MR) is 191 cm³/mol. The minimum Gasteiger partial charge on any atom is -0.492 e. The monoisotopic (exact) mass is 688 g/mol. The van der Waals surface area contributed by atoms with Gasteiger partial charge < -0.3 is 40.8 Å². The zero-order valence-electron chi connectivity index (χ0n) is 29.3. The lowest BCUT2D eigenvalue weighted by atomic mass is 9.88. The molecule has 3 aromatic carbocycles. The number of amides is 2. The molecule has 2 aliphatic rings. The fraction of sp³-hybridized carbons (Fsp3) is 0.487. The SMILES string of the molecule is CC(C)(C)OC(=O)NC(Cc1ccccc1)C(O)CC(Cc1ccc(OCCN2CCOCC2)cc1)C(=O)NC1c2ccccc2C(N)C1O. The number of benzene rings is 3. The topological polar surface area (TPSA) is 156 Å². The van der Waals surface area contributed by atoms with Crippen LogP contribution in [0.5, 0.6) is 5.75 Å². The number of morpholine rings is 1. The number of carbonyl (C=O) groups excluding carboxylic acids is 2. The van der Waals surface area contributed by atoms with Gasteiger partial charge in [0, 0.05) is 25.6 Å². The molecule has 50 heavy (non-hydrogen) atoms. The second kappa shape index (κ2) is 17.3. The largest absolute Gasteiger partial charge is 0.492 e. The van der Waals surface area contributed by atoms with Gasteiger partial charge in [-0.15, -0.1) is 0 Å². The van der Waals surface area contributed by atoms with Crippen molar-refractivity contribution in [3.05, 3.63) is 101 Å². The molecule has 11 heteroatoms. The molecular formula is C39H52N4O7. The van der Waals surface area contributed by atoms with Crippen molar-refractivity contribution >= 4 is 12.0 Å². The Morgan fingerprint density at radius 2 is 1.58 bits per heavy atom. The summed E-state index contributed by atoms with van der Waals surface area (Å²) in [6.07, 6.45) is -2.09. The minimum atomic E-state index is -1.11. The highest BCUT2D eigenvalue weighted by Crippen LogP contribution is 2.38. The second-order valence-corrected chi connectivity index (χ2v) is 14.2. The predicted octanol–water partition coefficient (Wildman–Crippen LogP) is 3.68. The summed E-state index contributed by atoms with van der Waals surface area (Å²) < 4.78 is 16.9. The maximum atomic E-state index is 14.1. The lowest BCUT2D eigenvalue weighted by molar-refractivity contribution is -0.127. The molecule has 11 nitrogen and oxygen atoms in total.